The number of fused-ring (bicyclic) bond motifs is 1. The number of hydrogen-bond acceptors (Lipinski definition) is 4. The largest absolute Gasteiger partial charge is 0.481 e. The first-order chi connectivity index (χ1) is 7.74. The molecule has 5 heteroatoms. The van der Waals surface area contributed by atoms with Gasteiger partial charge in [0.05, 0.1) is 12.8 Å². The molecule has 0 aliphatic heterocycles. The van der Waals surface area contributed by atoms with Gasteiger partial charge in [-0.3, -0.25) is 9.20 Å². The van der Waals surface area contributed by atoms with Gasteiger partial charge in [0.25, 0.3) is 0 Å². The van der Waals surface area contributed by atoms with E-state index in [4.69, 9.17) is 4.74 Å². The summed E-state index contributed by atoms with van der Waals surface area (Å²) in [4.78, 5) is 18.6. The van der Waals surface area contributed by atoms with E-state index in [0.29, 0.717) is 23.6 Å². The van der Waals surface area contributed by atoms with Gasteiger partial charge in [-0.05, 0) is 19.1 Å². The lowest BCUT2D eigenvalue weighted by Crippen LogP contribution is -1.96. The predicted molar refractivity (Wildman–Crippen MR) is 59.4 cm³/mol. The Bertz CT molecular complexity index is 558. The molecule has 0 aliphatic rings. The molecule has 0 spiro atoms. The van der Waals surface area contributed by atoms with Crippen LogP contribution in [0.3, 0.4) is 0 Å². The Morgan fingerprint density at radius 3 is 2.94 bits per heavy atom. The summed E-state index contributed by atoms with van der Waals surface area (Å²) in [6, 6.07) is 1.82. The van der Waals surface area contributed by atoms with Gasteiger partial charge >= 0.3 is 0 Å². The van der Waals surface area contributed by atoms with E-state index in [1.54, 1.807) is 13.2 Å². The Kier molecular flexibility index (Phi) is 2.68. The summed E-state index contributed by atoms with van der Waals surface area (Å²) in [5.41, 5.74) is 1.66. The van der Waals surface area contributed by atoms with Crippen molar-refractivity contribution >= 4 is 18.1 Å². The molecule has 2 aromatic heterocycles. The fourth-order valence-electron chi connectivity index (χ4n) is 1.43. The molecule has 0 unspecified atom stereocenters. The number of ether oxygens (including phenoxy) is 1. The molecule has 0 saturated carbocycles. The molecule has 0 fully saturated rings. The van der Waals surface area contributed by atoms with Gasteiger partial charge in [0.1, 0.15) is 6.29 Å². The minimum absolute atomic E-state index is 0.529. The van der Waals surface area contributed by atoms with Crippen LogP contribution in [0.5, 0.6) is 5.88 Å². The van der Waals surface area contributed by atoms with Crippen molar-refractivity contribution in [3.63, 3.8) is 0 Å². The highest BCUT2D eigenvalue weighted by Crippen LogP contribution is 2.13. The average Bonchev–Trinajstić information content (AvgIpc) is 2.69. The SMILES string of the molecule is COc1cc(C)n2cc(C=CC=O)nc2n1. The summed E-state index contributed by atoms with van der Waals surface area (Å²) in [6.07, 6.45) is 5.56. The van der Waals surface area contributed by atoms with E-state index in [0.717, 1.165) is 5.69 Å². The van der Waals surface area contributed by atoms with Crippen LogP contribution in [-0.2, 0) is 4.79 Å². The number of carbonyl (C=O) groups is 1. The number of nitrogens with zero attached hydrogens (tertiary/aromatic N) is 3. The van der Waals surface area contributed by atoms with Crippen LogP contribution in [-0.4, -0.2) is 27.8 Å². The minimum atomic E-state index is 0.529. The van der Waals surface area contributed by atoms with Crippen molar-refractivity contribution in [3.8, 4) is 5.88 Å². The quantitative estimate of drug-likeness (QED) is 0.573. The maximum Gasteiger partial charge on any atom is 0.237 e. The molecular formula is C11H11N3O2. The van der Waals surface area contributed by atoms with Gasteiger partial charge < -0.3 is 4.74 Å². The summed E-state index contributed by atoms with van der Waals surface area (Å²) >= 11 is 0. The van der Waals surface area contributed by atoms with Crippen molar-refractivity contribution in [1.82, 2.24) is 14.4 Å². The second-order valence-corrected chi connectivity index (χ2v) is 3.27. The maximum absolute atomic E-state index is 10.2. The van der Waals surface area contributed by atoms with Crippen LogP contribution in [0.15, 0.2) is 18.3 Å². The topological polar surface area (TPSA) is 56.5 Å². The lowest BCUT2D eigenvalue weighted by Gasteiger charge is -2.01. The number of rotatable bonds is 3. The van der Waals surface area contributed by atoms with Crippen molar-refractivity contribution in [2.75, 3.05) is 7.11 Å². The Labute approximate surface area is 92.4 Å². The van der Waals surface area contributed by atoms with E-state index in [1.165, 1.54) is 6.08 Å². The lowest BCUT2D eigenvalue weighted by atomic mass is 10.4. The third kappa shape index (κ3) is 1.79. The average molecular weight is 217 g/mol. The zero-order valence-electron chi connectivity index (χ0n) is 9.04. The van der Waals surface area contributed by atoms with Crippen LogP contribution in [0.25, 0.3) is 11.9 Å². The second-order valence-electron chi connectivity index (χ2n) is 3.27. The van der Waals surface area contributed by atoms with Gasteiger partial charge in [-0.1, -0.05) is 0 Å². The summed E-state index contributed by atoms with van der Waals surface area (Å²) in [5, 5.41) is 0. The summed E-state index contributed by atoms with van der Waals surface area (Å²) < 4.78 is 6.90. The highest BCUT2D eigenvalue weighted by Gasteiger charge is 2.05. The molecule has 2 aromatic rings. The first-order valence-corrected chi connectivity index (χ1v) is 4.77. The molecule has 2 heterocycles. The van der Waals surface area contributed by atoms with Gasteiger partial charge in [-0.2, -0.15) is 4.98 Å². The van der Waals surface area contributed by atoms with Crippen LogP contribution in [0.1, 0.15) is 11.4 Å². The highest BCUT2D eigenvalue weighted by molar-refractivity contribution is 5.73. The summed E-state index contributed by atoms with van der Waals surface area (Å²) in [5.74, 6) is 1.09. The third-order valence-corrected chi connectivity index (χ3v) is 2.18. The van der Waals surface area contributed by atoms with E-state index in [1.807, 2.05) is 23.6 Å². The highest BCUT2D eigenvalue weighted by atomic mass is 16.5. The second kappa shape index (κ2) is 4.14. The Balaban J connectivity index is 2.56. The molecule has 0 bridgehead atoms. The summed E-state index contributed by atoms with van der Waals surface area (Å²) in [6.45, 7) is 1.94. The molecule has 0 aliphatic carbocycles. The molecule has 16 heavy (non-hydrogen) atoms. The molecule has 0 N–H and O–H groups in total. The minimum Gasteiger partial charge on any atom is -0.481 e. The predicted octanol–water partition coefficient (Wildman–Crippen LogP) is 1.26. The smallest absolute Gasteiger partial charge is 0.237 e. The lowest BCUT2D eigenvalue weighted by molar-refractivity contribution is -0.104. The van der Waals surface area contributed by atoms with Gasteiger partial charge in [0.15, 0.2) is 0 Å². The van der Waals surface area contributed by atoms with Crippen LogP contribution in [0.4, 0.5) is 0 Å². The van der Waals surface area contributed by atoms with E-state index in [9.17, 15) is 4.79 Å². The van der Waals surface area contributed by atoms with E-state index < -0.39 is 0 Å². The number of imidazole rings is 1. The van der Waals surface area contributed by atoms with Gasteiger partial charge in [0.2, 0.25) is 11.7 Å². The fourth-order valence-corrected chi connectivity index (χ4v) is 1.43. The number of hydrogen-bond donors (Lipinski definition) is 0. The first kappa shape index (κ1) is 10.4. The van der Waals surface area contributed by atoms with E-state index in [2.05, 4.69) is 9.97 Å². The normalized spacial score (nSPS) is 11.1. The molecule has 0 saturated heterocycles. The summed E-state index contributed by atoms with van der Waals surface area (Å²) in [7, 11) is 1.56. The maximum atomic E-state index is 10.2. The number of aldehydes is 1. The molecule has 2 rings (SSSR count). The molecular weight excluding hydrogens is 206 g/mol. The van der Waals surface area contributed by atoms with Crippen molar-refractivity contribution < 1.29 is 9.53 Å². The van der Waals surface area contributed by atoms with E-state index >= 15 is 0 Å². The number of allylic oxidation sites excluding steroid dienone is 1. The van der Waals surface area contributed by atoms with Crippen molar-refractivity contribution in [2.45, 2.75) is 6.92 Å². The molecule has 0 amide bonds. The number of aryl methyl sites for hydroxylation is 1. The van der Waals surface area contributed by atoms with Gasteiger partial charge in [-0.25, -0.2) is 4.98 Å². The zero-order valence-corrected chi connectivity index (χ0v) is 9.04. The van der Waals surface area contributed by atoms with Crippen LogP contribution >= 0.6 is 0 Å². The molecule has 82 valence electrons. The fraction of sp³-hybridized carbons (Fsp3) is 0.182. The van der Waals surface area contributed by atoms with Crippen molar-refractivity contribution in [2.24, 2.45) is 0 Å². The Morgan fingerprint density at radius 2 is 2.25 bits per heavy atom. The first-order valence-electron chi connectivity index (χ1n) is 4.77. The zero-order chi connectivity index (χ0) is 11.5. The van der Waals surface area contributed by atoms with Crippen LogP contribution in [0.2, 0.25) is 0 Å². The Morgan fingerprint density at radius 1 is 1.44 bits per heavy atom. The van der Waals surface area contributed by atoms with Crippen LogP contribution in [0, 0.1) is 6.92 Å². The Hall–Kier alpha value is -2.17. The molecule has 0 aromatic carbocycles. The molecule has 0 atom stereocenters. The van der Waals surface area contributed by atoms with E-state index in [-0.39, 0.29) is 0 Å². The number of carbonyl (C=O) groups excluding carboxylic acids is 1. The standard InChI is InChI=1S/C11H11N3O2/c1-8-6-10(16-2)13-11-12-9(4-3-5-15)7-14(8)11/h3-7H,1-2H3. The van der Waals surface area contributed by atoms with Crippen molar-refractivity contribution in [3.05, 3.63) is 29.7 Å². The van der Waals surface area contributed by atoms with Gasteiger partial charge in [0, 0.05) is 18.0 Å². The van der Waals surface area contributed by atoms with Gasteiger partial charge in [-0.15, -0.1) is 0 Å². The van der Waals surface area contributed by atoms with Crippen LogP contribution < -0.4 is 4.74 Å². The van der Waals surface area contributed by atoms with Crippen molar-refractivity contribution in [1.29, 1.82) is 0 Å². The monoisotopic (exact) mass is 217 g/mol. The molecule has 5 nitrogen and oxygen atoms in total. The third-order valence-electron chi connectivity index (χ3n) is 2.18. The number of methoxy groups -OCH3 is 1. The molecule has 0 radical (unpaired) electrons. The number of aromatic nitrogens is 3.